The minimum Gasteiger partial charge on any atom is -0.314 e. The highest BCUT2D eigenvalue weighted by Gasteiger charge is 2.11. The fraction of sp³-hybridized carbons (Fsp3) is 1.00. The monoisotopic (exact) mass is 169 g/mol. The van der Waals surface area contributed by atoms with Crippen LogP contribution in [-0.4, -0.2) is 18.5 Å². The lowest BCUT2D eigenvalue weighted by atomic mass is 10.2. The van der Waals surface area contributed by atoms with Crippen molar-refractivity contribution in [2.75, 3.05) is 12.4 Å². The molecule has 1 aliphatic rings. The first-order valence-corrected chi connectivity index (χ1v) is 3.76. The fourth-order valence-corrected chi connectivity index (χ4v) is 1.40. The molecule has 1 heterocycles. The van der Waals surface area contributed by atoms with Crippen LogP contribution in [0.25, 0.3) is 0 Å². The van der Waals surface area contributed by atoms with E-state index in [1.165, 1.54) is 19.4 Å². The van der Waals surface area contributed by atoms with Gasteiger partial charge in [0.2, 0.25) is 0 Å². The first-order chi connectivity index (χ1) is 3.93. The molecule has 1 N–H and O–H groups in total. The number of hydrogen-bond donors (Lipinski definition) is 1. The highest BCUT2D eigenvalue weighted by Crippen LogP contribution is 2.08. The van der Waals surface area contributed by atoms with Crippen molar-refractivity contribution < 1.29 is 0 Å². The van der Waals surface area contributed by atoms with Crippen molar-refractivity contribution in [1.29, 1.82) is 0 Å². The molecule has 0 aromatic heterocycles. The van der Waals surface area contributed by atoms with Crippen LogP contribution in [0, 0.1) is 0 Å². The van der Waals surface area contributed by atoms with E-state index in [1.807, 2.05) is 0 Å². The zero-order chi connectivity index (χ0) is 5.82. The third-order valence-electron chi connectivity index (χ3n) is 1.62. The van der Waals surface area contributed by atoms with E-state index >= 15 is 0 Å². The molecule has 0 radical (unpaired) electrons. The Morgan fingerprint density at radius 3 is 2.78 bits per heavy atom. The number of rotatable bonds is 2. The van der Waals surface area contributed by atoms with Crippen molar-refractivity contribution in [3.8, 4) is 0 Å². The summed E-state index contributed by atoms with van der Waals surface area (Å²) in [5, 5.41) is 3.37. The summed E-state index contributed by atoms with van der Waals surface area (Å²) in [6.45, 7) is 1.20. The molecule has 56 valence electrons. The third-order valence-corrected chi connectivity index (χ3v) is 1.84. The Morgan fingerprint density at radius 1 is 1.56 bits per heavy atom. The summed E-state index contributed by atoms with van der Waals surface area (Å²) >= 11 is 5.54. The van der Waals surface area contributed by atoms with Gasteiger partial charge in [-0.25, -0.2) is 0 Å². The van der Waals surface area contributed by atoms with E-state index in [0.717, 1.165) is 18.3 Å². The normalized spacial score (nSPS) is 25.7. The van der Waals surface area contributed by atoms with Gasteiger partial charge in [0.05, 0.1) is 0 Å². The van der Waals surface area contributed by atoms with E-state index in [-0.39, 0.29) is 12.4 Å². The Kier molecular flexibility index (Phi) is 5.65. The molecule has 0 aromatic carbocycles. The van der Waals surface area contributed by atoms with Crippen molar-refractivity contribution in [3.63, 3.8) is 0 Å². The molecular formula is C6H13Cl2N. The Bertz CT molecular complexity index is 62.1. The molecule has 3 heteroatoms. The van der Waals surface area contributed by atoms with Crippen molar-refractivity contribution in [1.82, 2.24) is 5.32 Å². The van der Waals surface area contributed by atoms with Crippen molar-refractivity contribution in [3.05, 3.63) is 0 Å². The van der Waals surface area contributed by atoms with Gasteiger partial charge in [-0.3, -0.25) is 0 Å². The van der Waals surface area contributed by atoms with Crippen molar-refractivity contribution in [2.24, 2.45) is 0 Å². The van der Waals surface area contributed by atoms with Gasteiger partial charge in [-0.2, -0.15) is 0 Å². The van der Waals surface area contributed by atoms with E-state index in [9.17, 15) is 0 Å². The molecule has 0 amide bonds. The SMILES string of the molecule is Cl.ClCC[C@@H]1CCCN1. The molecule has 9 heavy (non-hydrogen) atoms. The van der Waals surface area contributed by atoms with Gasteiger partial charge in [-0.1, -0.05) is 0 Å². The lowest BCUT2D eigenvalue weighted by Gasteiger charge is -2.04. The maximum absolute atomic E-state index is 5.54. The summed E-state index contributed by atoms with van der Waals surface area (Å²) in [4.78, 5) is 0. The number of nitrogens with one attached hydrogen (secondary N) is 1. The number of hydrogen-bond acceptors (Lipinski definition) is 1. The molecule has 0 saturated carbocycles. The van der Waals surface area contributed by atoms with Gasteiger partial charge in [-0.05, 0) is 25.8 Å². The zero-order valence-corrected chi connectivity index (χ0v) is 6.97. The van der Waals surface area contributed by atoms with Crippen LogP contribution in [0.15, 0.2) is 0 Å². The van der Waals surface area contributed by atoms with Crippen molar-refractivity contribution >= 4 is 24.0 Å². The quantitative estimate of drug-likeness (QED) is 0.623. The predicted octanol–water partition coefficient (Wildman–Crippen LogP) is 1.79. The molecule has 1 aliphatic heterocycles. The summed E-state index contributed by atoms with van der Waals surface area (Å²) in [5.41, 5.74) is 0. The Balaban J connectivity index is 0.000000640. The van der Waals surface area contributed by atoms with Gasteiger partial charge >= 0.3 is 0 Å². The van der Waals surface area contributed by atoms with Crippen LogP contribution in [0.4, 0.5) is 0 Å². The summed E-state index contributed by atoms with van der Waals surface area (Å²) < 4.78 is 0. The van der Waals surface area contributed by atoms with Crippen LogP contribution in [0.5, 0.6) is 0 Å². The largest absolute Gasteiger partial charge is 0.314 e. The topological polar surface area (TPSA) is 12.0 Å². The van der Waals surface area contributed by atoms with Crippen LogP contribution in [0.1, 0.15) is 19.3 Å². The van der Waals surface area contributed by atoms with E-state index in [0.29, 0.717) is 0 Å². The van der Waals surface area contributed by atoms with Crippen molar-refractivity contribution in [2.45, 2.75) is 25.3 Å². The summed E-state index contributed by atoms with van der Waals surface area (Å²) in [7, 11) is 0. The van der Waals surface area contributed by atoms with E-state index in [2.05, 4.69) is 5.32 Å². The molecule has 1 saturated heterocycles. The second-order valence-electron chi connectivity index (χ2n) is 2.27. The van der Waals surface area contributed by atoms with Crippen LogP contribution in [0.2, 0.25) is 0 Å². The molecule has 1 fully saturated rings. The van der Waals surface area contributed by atoms with Crippen LogP contribution in [-0.2, 0) is 0 Å². The molecule has 0 spiro atoms. The Hall–Kier alpha value is 0.540. The van der Waals surface area contributed by atoms with Gasteiger partial charge in [-0.15, -0.1) is 24.0 Å². The maximum atomic E-state index is 5.54. The second-order valence-corrected chi connectivity index (χ2v) is 2.65. The van der Waals surface area contributed by atoms with Crippen LogP contribution >= 0.6 is 24.0 Å². The highest BCUT2D eigenvalue weighted by molar-refractivity contribution is 6.17. The van der Waals surface area contributed by atoms with Crippen LogP contribution in [0.3, 0.4) is 0 Å². The maximum Gasteiger partial charge on any atom is 0.0238 e. The van der Waals surface area contributed by atoms with Crippen LogP contribution < -0.4 is 5.32 Å². The molecule has 0 unspecified atom stereocenters. The molecule has 0 aromatic rings. The number of halogens is 2. The lowest BCUT2D eigenvalue weighted by Crippen LogP contribution is -2.21. The smallest absolute Gasteiger partial charge is 0.0238 e. The number of alkyl halides is 1. The Labute approximate surface area is 67.6 Å². The average Bonchev–Trinajstić information content (AvgIpc) is 2.19. The fourth-order valence-electron chi connectivity index (χ4n) is 1.13. The first-order valence-electron chi connectivity index (χ1n) is 3.23. The highest BCUT2D eigenvalue weighted by atomic mass is 35.5. The van der Waals surface area contributed by atoms with E-state index in [1.54, 1.807) is 0 Å². The van der Waals surface area contributed by atoms with E-state index in [4.69, 9.17) is 11.6 Å². The van der Waals surface area contributed by atoms with E-state index < -0.39 is 0 Å². The van der Waals surface area contributed by atoms with Gasteiger partial charge in [0, 0.05) is 11.9 Å². The standard InChI is InChI=1S/C6H12ClN.ClH/c7-4-3-6-2-1-5-8-6;/h6,8H,1-5H2;1H/t6-;/m0./s1. The Morgan fingerprint density at radius 2 is 2.33 bits per heavy atom. The molecule has 1 rings (SSSR count). The lowest BCUT2D eigenvalue weighted by molar-refractivity contribution is 0.590. The van der Waals surface area contributed by atoms with Gasteiger partial charge < -0.3 is 5.32 Å². The molecule has 0 aliphatic carbocycles. The minimum atomic E-state index is 0. The first kappa shape index (κ1) is 9.54. The van der Waals surface area contributed by atoms with Gasteiger partial charge in [0.25, 0.3) is 0 Å². The summed E-state index contributed by atoms with van der Waals surface area (Å²) in [6, 6.07) is 0.729. The van der Waals surface area contributed by atoms with Gasteiger partial charge in [0.15, 0.2) is 0 Å². The molecule has 0 bridgehead atoms. The average molecular weight is 170 g/mol. The summed E-state index contributed by atoms with van der Waals surface area (Å²) in [5.74, 6) is 0.803. The third kappa shape index (κ3) is 3.29. The zero-order valence-electron chi connectivity index (χ0n) is 5.40. The predicted molar refractivity (Wildman–Crippen MR) is 43.6 cm³/mol. The molecule has 1 atom stereocenters. The summed E-state index contributed by atoms with van der Waals surface area (Å²) in [6.07, 6.45) is 3.80. The second kappa shape index (κ2) is 5.33. The molecule has 1 nitrogen and oxygen atoms in total. The minimum absolute atomic E-state index is 0. The van der Waals surface area contributed by atoms with Gasteiger partial charge in [0.1, 0.15) is 0 Å². The molecular weight excluding hydrogens is 157 g/mol.